The van der Waals surface area contributed by atoms with Crippen LogP contribution < -0.4 is 0 Å². The topological polar surface area (TPSA) is 56.3 Å². The molecule has 1 amide bonds. The zero-order valence-corrected chi connectivity index (χ0v) is 11.9. The summed E-state index contributed by atoms with van der Waals surface area (Å²) in [5.74, 6) is -0.118. The van der Waals surface area contributed by atoms with Crippen molar-refractivity contribution >= 4 is 16.8 Å². The number of rotatable bonds is 5. The molecule has 2 N–H and O–H groups in total. The number of fused-ring (bicyclic) bond motifs is 1. The number of aliphatic hydroxyl groups excluding tert-OH is 1. The average molecular weight is 272 g/mol. The number of benzene rings is 1. The number of nitrogens with zero attached hydrogens (tertiary/aromatic N) is 1. The second-order valence-corrected chi connectivity index (χ2v) is 4.99. The fraction of sp³-hybridized carbons (Fsp3) is 0.312. The van der Waals surface area contributed by atoms with E-state index in [1.807, 2.05) is 26.0 Å². The molecule has 1 aromatic carbocycles. The lowest BCUT2D eigenvalue weighted by Gasteiger charge is -2.18. The van der Waals surface area contributed by atoms with Gasteiger partial charge < -0.3 is 15.0 Å². The molecule has 0 saturated carbocycles. The Labute approximate surface area is 118 Å². The lowest BCUT2D eigenvalue weighted by molar-refractivity contribution is 0.0738. The first-order chi connectivity index (χ1) is 9.56. The summed E-state index contributed by atoms with van der Waals surface area (Å²) >= 11 is 0. The molecule has 0 spiro atoms. The molecule has 20 heavy (non-hydrogen) atoms. The van der Waals surface area contributed by atoms with E-state index in [-0.39, 0.29) is 12.5 Å². The minimum atomic E-state index is -0.118. The Hall–Kier alpha value is -2.07. The van der Waals surface area contributed by atoms with E-state index in [1.54, 1.807) is 11.0 Å². The molecule has 4 nitrogen and oxygen atoms in total. The van der Waals surface area contributed by atoms with Gasteiger partial charge in [-0.25, -0.2) is 0 Å². The lowest BCUT2D eigenvalue weighted by Crippen LogP contribution is -2.33. The van der Waals surface area contributed by atoms with Gasteiger partial charge in [0.1, 0.15) is 5.69 Å². The Morgan fingerprint density at radius 1 is 1.40 bits per heavy atom. The second-order valence-electron chi connectivity index (χ2n) is 4.99. The fourth-order valence-corrected chi connectivity index (χ4v) is 2.44. The molecular weight excluding hydrogens is 252 g/mol. The van der Waals surface area contributed by atoms with E-state index in [1.165, 1.54) is 0 Å². The molecule has 0 unspecified atom stereocenters. The van der Waals surface area contributed by atoms with Crippen LogP contribution in [0.4, 0.5) is 0 Å². The molecular formula is C16H20N2O2. The summed E-state index contributed by atoms with van der Waals surface area (Å²) in [6, 6.07) is 6.00. The van der Waals surface area contributed by atoms with E-state index in [0.717, 1.165) is 22.0 Å². The summed E-state index contributed by atoms with van der Waals surface area (Å²) in [6.07, 6.45) is 1.66. The van der Waals surface area contributed by atoms with Gasteiger partial charge in [-0.1, -0.05) is 12.1 Å². The first-order valence-electron chi connectivity index (χ1n) is 6.67. The second kappa shape index (κ2) is 5.92. The van der Waals surface area contributed by atoms with Crippen molar-refractivity contribution in [1.29, 1.82) is 0 Å². The van der Waals surface area contributed by atoms with Crippen molar-refractivity contribution < 1.29 is 9.90 Å². The maximum absolute atomic E-state index is 12.4. The number of carbonyl (C=O) groups is 1. The number of nitrogens with one attached hydrogen (secondary N) is 1. The Bertz CT molecular complexity index is 643. The number of amides is 1. The zero-order chi connectivity index (χ0) is 14.7. The Morgan fingerprint density at radius 3 is 2.80 bits per heavy atom. The minimum Gasteiger partial charge on any atom is -0.395 e. The van der Waals surface area contributed by atoms with Gasteiger partial charge in [0.05, 0.1) is 6.61 Å². The van der Waals surface area contributed by atoms with Crippen LogP contribution in [0.2, 0.25) is 0 Å². The van der Waals surface area contributed by atoms with Crippen molar-refractivity contribution in [2.45, 2.75) is 13.8 Å². The third kappa shape index (κ3) is 2.75. The standard InChI is InChI=1S/C16H20N2O2/c1-4-5-18(6-7-19)16(20)15-10-13-12(3)8-11(2)9-14(13)17-15/h4,8-10,17,19H,1,5-7H2,2-3H3. The van der Waals surface area contributed by atoms with Gasteiger partial charge in [0.25, 0.3) is 5.91 Å². The normalized spacial score (nSPS) is 10.8. The van der Waals surface area contributed by atoms with Crippen molar-refractivity contribution in [3.8, 4) is 0 Å². The van der Waals surface area contributed by atoms with E-state index in [0.29, 0.717) is 18.8 Å². The largest absolute Gasteiger partial charge is 0.395 e. The SMILES string of the molecule is C=CCN(CCO)C(=O)c1cc2c(C)cc(C)cc2[nH]1. The van der Waals surface area contributed by atoms with Gasteiger partial charge in [-0.15, -0.1) is 6.58 Å². The maximum atomic E-state index is 12.4. The van der Waals surface area contributed by atoms with Crippen LogP contribution in [0.25, 0.3) is 10.9 Å². The number of H-pyrrole nitrogens is 1. The van der Waals surface area contributed by atoms with Crippen LogP contribution in [-0.2, 0) is 0 Å². The summed E-state index contributed by atoms with van der Waals surface area (Å²) in [4.78, 5) is 17.2. The van der Waals surface area contributed by atoms with Gasteiger partial charge in [0, 0.05) is 24.0 Å². The van der Waals surface area contributed by atoms with Crippen LogP contribution in [0.15, 0.2) is 30.9 Å². The highest BCUT2D eigenvalue weighted by Gasteiger charge is 2.17. The van der Waals surface area contributed by atoms with Crippen LogP contribution in [0, 0.1) is 13.8 Å². The van der Waals surface area contributed by atoms with E-state index in [4.69, 9.17) is 5.11 Å². The minimum absolute atomic E-state index is 0.0576. The Morgan fingerprint density at radius 2 is 2.15 bits per heavy atom. The van der Waals surface area contributed by atoms with Crippen molar-refractivity contribution in [2.24, 2.45) is 0 Å². The third-order valence-corrected chi connectivity index (χ3v) is 3.33. The van der Waals surface area contributed by atoms with E-state index in [2.05, 4.69) is 17.6 Å². The van der Waals surface area contributed by atoms with Crippen LogP contribution in [0.5, 0.6) is 0 Å². The maximum Gasteiger partial charge on any atom is 0.270 e. The first kappa shape index (κ1) is 14.3. The third-order valence-electron chi connectivity index (χ3n) is 3.33. The fourth-order valence-electron chi connectivity index (χ4n) is 2.44. The van der Waals surface area contributed by atoms with E-state index < -0.39 is 0 Å². The smallest absolute Gasteiger partial charge is 0.270 e. The molecule has 4 heteroatoms. The molecule has 2 rings (SSSR count). The molecule has 1 aromatic heterocycles. The van der Waals surface area contributed by atoms with Crippen molar-refractivity contribution in [2.75, 3.05) is 19.7 Å². The molecule has 1 heterocycles. The summed E-state index contributed by atoms with van der Waals surface area (Å²) < 4.78 is 0. The van der Waals surface area contributed by atoms with Gasteiger partial charge in [-0.2, -0.15) is 0 Å². The van der Waals surface area contributed by atoms with Crippen LogP contribution in [0.3, 0.4) is 0 Å². The molecule has 2 aromatic rings. The van der Waals surface area contributed by atoms with Gasteiger partial charge in [-0.05, 0) is 37.1 Å². The van der Waals surface area contributed by atoms with Gasteiger partial charge in [-0.3, -0.25) is 4.79 Å². The van der Waals surface area contributed by atoms with Crippen LogP contribution in [-0.4, -0.2) is 40.6 Å². The summed E-state index contributed by atoms with van der Waals surface area (Å²) in [5.41, 5.74) is 3.82. The predicted octanol–water partition coefficient (Wildman–Crippen LogP) is 2.41. The van der Waals surface area contributed by atoms with Gasteiger partial charge in [0.15, 0.2) is 0 Å². The van der Waals surface area contributed by atoms with E-state index >= 15 is 0 Å². The number of carbonyl (C=O) groups excluding carboxylic acids is 1. The zero-order valence-electron chi connectivity index (χ0n) is 11.9. The van der Waals surface area contributed by atoms with Gasteiger partial charge >= 0.3 is 0 Å². The number of aromatic nitrogens is 1. The number of aryl methyl sites for hydroxylation is 2. The summed E-state index contributed by atoms with van der Waals surface area (Å²) in [6.45, 7) is 8.38. The van der Waals surface area contributed by atoms with Crippen LogP contribution >= 0.6 is 0 Å². The first-order valence-corrected chi connectivity index (χ1v) is 6.67. The predicted molar refractivity (Wildman–Crippen MR) is 81.0 cm³/mol. The quantitative estimate of drug-likeness (QED) is 0.821. The highest BCUT2D eigenvalue weighted by Crippen LogP contribution is 2.22. The summed E-state index contributed by atoms with van der Waals surface area (Å²) in [7, 11) is 0. The molecule has 0 atom stereocenters. The number of aliphatic hydroxyl groups is 1. The molecule has 0 fully saturated rings. The Kier molecular flexibility index (Phi) is 4.25. The highest BCUT2D eigenvalue weighted by molar-refractivity contribution is 5.99. The van der Waals surface area contributed by atoms with Crippen molar-refractivity contribution in [3.05, 3.63) is 47.7 Å². The molecule has 0 radical (unpaired) electrons. The molecule has 0 saturated heterocycles. The average Bonchev–Trinajstić information content (AvgIpc) is 2.81. The van der Waals surface area contributed by atoms with E-state index in [9.17, 15) is 4.79 Å². The monoisotopic (exact) mass is 272 g/mol. The Balaban J connectivity index is 2.39. The molecule has 106 valence electrons. The molecule has 0 aliphatic heterocycles. The summed E-state index contributed by atoms with van der Waals surface area (Å²) in [5, 5.41) is 10.1. The number of hydrogen-bond acceptors (Lipinski definition) is 2. The molecule has 0 bridgehead atoms. The molecule has 0 aliphatic rings. The van der Waals surface area contributed by atoms with Gasteiger partial charge in [0.2, 0.25) is 0 Å². The van der Waals surface area contributed by atoms with Crippen LogP contribution in [0.1, 0.15) is 21.6 Å². The van der Waals surface area contributed by atoms with Crippen molar-refractivity contribution in [1.82, 2.24) is 9.88 Å². The van der Waals surface area contributed by atoms with Crippen molar-refractivity contribution in [3.63, 3.8) is 0 Å². The number of aromatic amines is 1. The number of hydrogen-bond donors (Lipinski definition) is 2. The lowest BCUT2D eigenvalue weighted by atomic mass is 10.1. The highest BCUT2D eigenvalue weighted by atomic mass is 16.3. The molecule has 0 aliphatic carbocycles.